The molecule has 0 radical (unpaired) electrons. The van der Waals surface area contributed by atoms with Gasteiger partial charge in [0.15, 0.2) is 0 Å². The first-order valence-electron chi connectivity index (χ1n) is 8.32. The number of anilines is 1. The highest BCUT2D eigenvalue weighted by atomic mass is 14.6. The summed E-state index contributed by atoms with van der Waals surface area (Å²) < 4.78 is 0. The third-order valence-electron chi connectivity index (χ3n) is 4.29. The van der Waals surface area contributed by atoms with E-state index in [9.17, 15) is 0 Å². The van der Waals surface area contributed by atoms with E-state index in [0.29, 0.717) is 0 Å². The predicted octanol–water partition coefficient (Wildman–Crippen LogP) is 5.56. The Balaban J connectivity index is 2.10. The van der Waals surface area contributed by atoms with Crippen LogP contribution < -0.4 is 5.73 Å². The number of rotatable bonds is 4. The molecular weight excluding hydrogens is 290 g/mol. The molecule has 0 saturated heterocycles. The molecule has 24 heavy (non-hydrogen) atoms. The van der Waals surface area contributed by atoms with E-state index in [1.807, 2.05) is 12.1 Å². The minimum atomic E-state index is 0.865. The van der Waals surface area contributed by atoms with Crippen molar-refractivity contribution in [1.29, 1.82) is 0 Å². The molecule has 0 aromatic heterocycles. The Morgan fingerprint density at radius 1 is 0.875 bits per heavy atom. The van der Waals surface area contributed by atoms with E-state index in [4.69, 9.17) is 5.73 Å². The Morgan fingerprint density at radius 2 is 1.50 bits per heavy atom. The lowest BCUT2D eigenvalue weighted by molar-refractivity contribution is 1.26. The van der Waals surface area contributed by atoms with Crippen LogP contribution in [0.25, 0.3) is 5.57 Å². The van der Waals surface area contributed by atoms with E-state index in [0.717, 1.165) is 23.2 Å². The molecule has 3 rings (SSSR count). The van der Waals surface area contributed by atoms with Crippen molar-refractivity contribution >= 4 is 11.3 Å². The summed E-state index contributed by atoms with van der Waals surface area (Å²) in [5.74, 6) is 0. The van der Waals surface area contributed by atoms with Gasteiger partial charge in [0.2, 0.25) is 0 Å². The molecule has 0 amide bonds. The monoisotopic (exact) mass is 313 g/mol. The van der Waals surface area contributed by atoms with Crippen molar-refractivity contribution in [2.75, 3.05) is 5.73 Å². The largest absolute Gasteiger partial charge is 0.398 e. The molecule has 2 N–H and O–H groups in total. The van der Waals surface area contributed by atoms with Gasteiger partial charge in [-0.1, -0.05) is 78.4 Å². The van der Waals surface area contributed by atoms with E-state index in [2.05, 4.69) is 80.6 Å². The highest BCUT2D eigenvalue weighted by Gasteiger charge is 2.11. The molecule has 120 valence electrons. The lowest BCUT2D eigenvalue weighted by atomic mass is 9.92. The fourth-order valence-corrected chi connectivity index (χ4v) is 3.04. The van der Waals surface area contributed by atoms with E-state index in [-0.39, 0.29) is 0 Å². The molecule has 3 aromatic rings. The molecule has 0 aliphatic heterocycles. The molecule has 0 saturated carbocycles. The summed E-state index contributed by atoms with van der Waals surface area (Å²) in [4.78, 5) is 0. The maximum absolute atomic E-state index is 6.42. The van der Waals surface area contributed by atoms with Crippen molar-refractivity contribution in [3.63, 3.8) is 0 Å². The van der Waals surface area contributed by atoms with Crippen LogP contribution >= 0.6 is 0 Å². The maximum Gasteiger partial charge on any atom is 0.0423 e. The number of nitrogen functional groups attached to an aromatic ring is 1. The summed E-state index contributed by atoms with van der Waals surface area (Å²) in [5.41, 5.74) is 14.5. The predicted molar refractivity (Wildman–Crippen MR) is 104 cm³/mol. The smallest absolute Gasteiger partial charge is 0.0423 e. The van der Waals surface area contributed by atoms with E-state index in [1.165, 1.54) is 22.3 Å². The van der Waals surface area contributed by atoms with Crippen molar-refractivity contribution in [2.24, 2.45) is 0 Å². The minimum Gasteiger partial charge on any atom is -0.398 e. The van der Waals surface area contributed by atoms with Gasteiger partial charge in [-0.05, 0) is 48.6 Å². The van der Waals surface area contributed by atoms with Gasteiger partial charge in [-0.25, -0.2) is 0 Å². The Hall–Kier alpha value is -2.80. The minimum absolute atomic E-state index is 0.865. The molecule has 0 spiro atoms. The summed E-state index contributed by atoms with van der Waals surface area (Å²) in [6.45, 7) is 4.20. The molecule has 3 aromatic carbocycles. The molecule has 1 nitrogen and oxygen atoms in total. The molecule has 0 bridgehead atoms. The van der Waals surface area contributed by atoms with Crippen LogP contribution in [-0.2, 0) is 6.42 Å². The maximum atomic E-state index is 6.42. The number of nitrogens with two attached hydrogens (primary N) is 1. The first-order chi connectivity index (χ1) is 11.6. The van der Waals surface area contributed by atoms with E-state index < -0.39 is 0 Å². The molecule has 0 unspecified atom stereocenters. The molecule has 0 aliphatic rings. The first kappa shape index (κ1) is 16.1. The summed E-state index contributed by atoms with van der Waals surface area (Å²) in [6.07, 6.45) is 3.17. The molecule has 0 aliphatic carbocycles. The zero-order valence-corrected chi connectivity index (χ0v) is 14.3. The second kappa shape index (κ2) is 7.18. The summed E-state index contributed by atoms with van der Waals surface area (Å²) in [6, 6.07) is 25.3. The lowest BCUT2D eigenvalue weighted by Crippen LogP contribution is -2.00. The van der Waals surface area contributed by atoms with Crippen LogP contribution in [0.15, 0.2) is 78.9 Å². The van der Waals surface area contributed by atoms with Crippen LogP contribution in [-0.4, -0.2) is 0 Å². The number of aryl methyl sites for hydroxylation is 2. The molecule has 1 heteroatoms. The Labute approximate surface area is 144 Å². The van der Waals surface area contributed by atoms with E-state index >= 15 is 0 Å². The second-order valence-electron chi connectivity index (χ2n) is 6.22. The molecule has 0 fully saturated rings. The summed E-state index contributed by atoms with van der Waals surface area (Å²) in [5, 5.41) is 0. The van der Waals surface area contributed by atoms with Crippen LogP contribution in [0.2, 0.25) is 0 Å². The van der Waals surface area contributed by atoms with Crippen molar-refractivity contribution in [1.82, 2.24) is 0 Å². The van der Waals surface area contributed by atoms with Crippen molar-refractivity contribution in [2.45, 2.75) is 20.3 Å². The molecular formula is C23H23N. The Kier molecular flexibility index (Phi) is 4.81. The number of hydrogen-bond donors (Lipinski definition) is 1. The number of allylic oxidation sites excluding steroid dienone is 1. The average Bonchev–Trinajstić information content (AvgIpc) is 2.61. The second-order valence-corrected chi connectivity index (χ2v) is 6.22. The quantitative estimate of drug-likeness (QED) is 0.627. The zero-order valence-electron chi connectivity index (χ0n) is 14.3. The highest BCUT2D eigenvalue weighted by molar-refractivity contribution is 5.86. The van der Waals surface area contributed by atoms with Gasteiger partial charge < -0.3 is 5.73 Å². The number of hydrogen-bond acceptors (Lipinski definition) is 1. The van der Waals surface area contributed by atoms with Crippen molar-refractivity contribution in [3.8, 4) is 0 Å². The van der Waals surface area contributed by atoms with Crippen LogP contribution in [0.1, 0.15) is 27.8 Å². The lowest BCUT2D eigenvalue weighted by Gasteiger charge is -2.15. The van der Waals surface area contributed by atoms with Crippen molar-refractivity contribution in [3.05, 3.63) is 107 Å². The summed E-state index contributed by atoms with van der Waals surface area (Å²) in [7, 11) is 0. The van der Waals surface area contributed by atoms with Crippen LogP contribution in [0, 0.1) is 13.8 Å². The summed E-state index contributed by atoms with van der Waals surface area (Å²) >= 11 is 0. The highest BCUT2D eigenvalue weighted by Crippen LogP contribution is 2.31. The SMILES string of the molecule is Cc1cc(C)c(N)c(/C(=C/Cc2ccccc2)c2ccccc2)c1. The van der Waals surface area contributed by atoms with Gasteiger partial charge in [0.1, 0.15) is 0 Å². The number of benzene rings is 3. The van der Waals surface area contributed by atoms with Gasteiger partial charge >= 0.3 is 0 Å². The first-order valence-corrected chi connectivity index (χ1v) is 8.32. The topological polar surface area (TPSA) is 26.0 Å². The fourth-order valence-electron chi connectivity index (χ4n) is 3.04. The molecule has 0 heterocycles. The van der Waals surface area contributed by atoms with Gasteiger partial charge in [-0.2, -0.15) is 0 Å². The third kappa shape index (κ3) is 3.57. The van der Waals surface area contributed by atoms with Crippen LogP contribution in [0.4, 0.5) is 5.69 Å². The average molecular weight is 313 g/mol. The van der Waals surface area contributed by atoms with Crippen LogP contribution in [0.3, 0.4) is 0 Å². The van der Waals surface area contributed by atoms with Gasteiger partial charge in [0.25, 0.3) is 0 Å². The standard InChI is InChI=1S/C23H23N/c1-17-15-18(2)23(24)22(16-17)21(20-11-7-4-8-12-20)14-13-19-9-5-3-6-10-19/h3-12,14-16H,13,24H2,1-2H3/b21-14+. The fraction of sp³-hybridized carbons (Fsp3) is 0.130. The van der Waals surface area contributed by atoms with Gasteiger partial charge in [-0.3, -0.25) is 0 Å². The molecule has 0 atom stereocenters. The van der Waals surface area contributed by atoms with Gasteiger partial charge in [0.05, 0.1) is 0 Å². The van der Waals surface area contributed by atoms with Crippen molar-refractivity contribution < 1.29 is 0 Å². The third-order valence-corrected chi connectivity index (χ3v) is 4.29. The zero-order chi connectivity index (χ0) is 16.9. The Bertz CT molecular complexity index is 846. The van der Waals surface area contributed by atoms with Gasteiger partial charge in [0, 0.05) is 11.3 Å². The van der Waals surface area contributed by atoms with E-state index in [1.54, 1.807) is 0 Å². The Morgan fingerprint density at radius 3 is 2.17 bits per heavy atom. The normalized spacial score (nSPS) is 11.5. The van der Waals surface area contributed by atoms with Gasteiger partial charge in [-0.15, -0.1) is 0 Å². The van der Waals surface area contributed by atoms with Crippen LogP contribution in [0.5, 0.6) is 0 Å².